The number of benzene rings is 2. The summed E-state index contributed by atoms with van der Waals surface area (Å²) in [6.45, 7) is 0.712. The maximum atomic E-state index is 6.09. The number of fused-ring (bicyclic) bond motifs is 1. The Bertz CT molecular complexity index is 999. The maximum absolute atomic E-state index is 6.09. The van der Waals surface area contributed by atoms with Gasteiger partial charge in [0.15, 0.2) is 0 Å². The summed E-state index contributed by atoms with van der Waals surface area (Å²) in [5.74, 6) is 0.829. The van der Waals surface area contributed by atoms with Crippen LogP contribution in [0.25, 0.3) is 22.2 Å². The fourth-order valence-electron chi connectivity index (χ4n) is 2.94. The highest BCUT2D eigenvalue weighted by Gasteiger charge is 2.10. The van der Waals surface area contributed by atoms with Crippen molar-refractivity contribution in [3.05, 3.63) is 71.5 Å². The number of imidazole rings is 1. The first-order chi connectivity index (χ1) is 11.7. The molecular formula is C19H17ClN4. The minimum absolute atomic E-state index is 0.712. The van der Waals surface area contributed by atoms with E-state index >= 15 is 0 Å². The first kappa shape index (κ1) is 14.8. The van der Waals surface area contributed by atoms with Crippen molar-refractivity contribution in [2.45, 2.75) is 6.54 Å². The van der Waals surface area contributed by atoms with Crippen molar-refractivity contribution in [1.82, 2.24) is 14.5 Å². The molecule has 0 aliphatic rings. The van der Waals surface area contributed by atoms with Crippen molar-refractivity contribution >= 4 is 28.5 Å². The van der Waals surface area contributed by atoms with Gasteiger partial charge in [-0.3, -0.25) is 0 Å². The summed E-state index contributed by atoms with van der Waals surface area (Å²) in [6.07, 6.45) is 3.90. The Morgan fingerprint density at radius 3 is 2.92 bits per heavy atom. The largest absolute Gasteiger partial charge is 0.361 e. The smallest absolute Gasteiger partial charge is 0.203 e. The lowest BCUT2D eigenvalue weighted by Gasteiger charge is -2.08. The molecule has 2 N–H and O–H groups in total. The molecule has 0 radical (unpaired) electrons. The molecule has 0 amide bonds. The topological polar surface area (TPSA) is 45.6 Å². The number of aromatic amines is 1. The average Bonchev–Trinajstić information content (AvgIpc) is 3.17. The number of anilines is 1. The lowest BCUT2D eigenvalue weighted by molar-refractivity contribution is 0.908. The van der Waals surface area contributed by atoms with Gasteiger partial charge in [0.2, 0.25) is 5.95 Å². The molecule has 4 rings (SSSR count). The third-order valence-corrected chi connectivity index (χ3v) is 4.46. The summed E-state index contributed by atoms with van der Waals surface area (Å²) in [7, 11) is 2.00. The summed E-state index contributed by atoms with van der Waals surface area (Å²) in [5.41, 5.74) is 4.45. The van der Waals surface area contributed by atoms with E-state index < -0.39 is 0 Å². The molecule has 0 saturated heterocycles. The van der Waals surface area contributed by atoms with Crippen LogP contribution >= 0.6 is 11.6 Å². The van der Waals surface area contributed by atoms with Crippen molar-refractivity contribution in [1.29, 1.82) is 0 Å². The van der Waals surface area contributed by atoms with Crippen molar-refractivity contribution < 1.29 is 0 Å². The minimum atomic E-state index is 0.712. The van der Waals surface area contributed by atoms with Gasteiger partial charge in [0.25, 0.3) is 0 Å². The number of hydrogen-bond acceptors (Lipinski definition) is 2. The fraction of sp³-hybridized carbons (Fsp3) is 0.105. The Morgan fingerprint density at radius 1 is 1.17 bits per heavy atom. The van der Waals surface area contributed by atoms with Gasteiger partial charge in [-0.15, -0.1) is 0 Å². The van der Waals surface area contributed by atoms with Gasteiger partial charge >= 0.3 is 0 Å². The van der Waals surface area contributed by atoms with Crippen molar-refractivity contribution in [2.75, 3.05) is 5.32 Å². The number of halogens is 1. The van der Waals surface area contributed by atoms with Gasteiger partial charge in [0.1, 0.15) is 0 Å². The molecule has 0 saturated carbocycles. The Hall–Kier alpha value is -2.72. The summed E-state index contributed by atoms with van der Waals surface area (Å²) < 4.78 is 2.04. The predicted octanol–water partition coefficient (Wildman–Crippen LogP) is 4.83. The highest BCUT2D eigenvalue weighted by molar-refractivity contribution is 6.30. The van der Waals surface area contributed by atoms with Gasteiger partial charge in [0, 0.05) is 41.3 Å². The highest BCUT2D eigenvalue weighted by atomic mass is 35.5. The van der Waals surface area contributed by atoms with Crippen LogP contribution in [0.1, 0.15) is 5.56 Å². The molecule has 0 atom stereocenters. The lowest BCUT2D eigenvalue weighted by Crippen LogP contribution is -2.05. The van der Waals surface area contributed by atoms with Gasteiger partial charge in [-0.2, -0.15) is 0 Å². The minimum Gasteiger partial charge on any atom is -0.361 e. The van der Waals surface area contributed by atoms with Gasteiger partial charge in [-0.25, -0.2) is 4.98 Å². The first-order valence-corrected chi connectivity index (χ1v) is 8.17. The second kappa shape index (κ2) is 6.06. The zero-order chi connectivity index (χ0) is 16.5. The molecule has 120 valence electrons. The molecule has 0 fully saturated rings. The van der Waals surface area contributed by atoms with E-state index in [1.165, 1.54) is 10.9 Å². The SMILES string of the molecule is Cn1c(-c2cccc(Cl)c2)cnc1NCc1c[nH]c2ccccc12. The molecule has 0 unspecified atom stereocenters. The number of rotatable bonds is 4. The second-order valence-corrected chi connectivity index (χ2v) is 6.19. The number of aromatic nitrogens is 3. The van der Waals surface area contributed by atoms with Gasteiger partial charge in [-0.1, -0.05) is 41.9 Å². The van der Waals surface area contributed by atoms with Gasteiger partial charge in [0.05, 0.1) is 11.9 Å². The zero-order valence-electron chi connectivity index (χ0n) is 13.3. The second-order valence-electron chi connectivity index (χ2n) is 5.75. The van der Waals surface area contributed by atoms with E-state index in [1.54, 1.807) is 0 Å². The van der Waals surface area contributed by atoms with Crippen LogP contribution in [0.3, 0.4) is 0 Å². The Kier molecular flexibility index (Phi) is 3.75. The van der Waals surface area contributed by atoms with E-state index in [-0.39, 0.29) is 0 Å². The average molecular weight is 337 g/mol. The lowest BCUT2D eigenvalue weighted by atomic mass is 10.2. The molecule has 24 heavy (non-hydrogen) atoms. The van der Waals surface area contributed by atoms with Crippen LogP contribution in [0, 0.1) is 0 Å². The molecular weight excluding hydrogens is 320 g/mol. The third-order valence-electron chi connectivity index (χ3n) is 4.22. The molecule has 0 bridgehead atoms. The Labute approximate surface area is 145 Å². The molecule has 0 aliphatic heterocycles. The summed E-state index contributed by atoms with van der Waals surface area (Å²) in [6, 6.07) is 16.1. The zero-order valence-corrected chi connectivity index (χ0v) is 14.0. The molecule has 4 aromatic rings. The van der Waals surface area contributed by atoms with Crippen molar-refractivity contribution in [2.24, 2.45) is 7.05 Å². The third kappa shape index (κ3) is 2.65. The summed E-state index contributed by atoms with van der Waals surface area (Å²) in [5, 5.41) is 5.37. The van der Waals surface area contributed by atoms with Crippen LogP contribution in [-0.2, 0) is 13.6 Å². The van der Waals surface area contributed by atoms with Gasteiger partial charge in [-0.05, 0) is 23.8 Å². The summed E-state index contributed by atoms with van der Waals surface area (Å²) >= 11 is 6.09. The maximum Gasteiger partial charge on any atom is 0.203 e. The molecule has 5 heteroatoms. The van der Waals surface area contributed by atoms with E-state index in [1.807, 2.05) is 54.3 Å². The standard InChI is InChI=1S/C19H17ClN4/c1-24-18(13-5-4-6-15(20)9-13)12-23-19(24)22-11-14-10-21-17-8-3-2-7-16(14)17/h2-10,12,21H,11H2,1H3,(H,22,23). The first-order valence-electron chi connectivity index (χ1n) is 7.79. The Morgan fingerprint density at radius 2 is 2.04 bits per heavy atom. The van der Waals surface area contributed by atoms with E-state index in [0.29, 0.717) is 6.54 Å². The van der Waals surface area contributed by atoms with E-state index in [4.69, 9.17) is 11.6 Å². The van der Waals surface area contributed by atoms with Crippen molar-refractivity contribution in [3.8, 4) is 11.3 Å². The molecule has 2 heterocycles. The number of H-pyrrole nitrogens is 1. The molecule has 4 nitrogen and oxygen atoms in total. The van der Waals surface area contributed by atoms with Crippen LogP contribution in [0.15, 0.2) is 60.9 Å². The van der Waals surface area contributed by atoms with Crippen LogP contribution in [0.2, 0.25) is 5.02 Å². The number of hydrogen-bond donors (Lipinski definition) is 2. The van der Waals surface area contributed by atoms with Gasteiger partial charge < -0.3 is 14.9 Å². The van der Waals surface area contributed by atoms with E-state index in [0.717, 1.165) is 27.7 Å². The number of para-hydroxylation sites is 1. The summed E-state index contributed by atoms with van der Waals surface area (Å²) in [4.78, 5) is 7.79. The van der Waals surface area contributed by atoms with Crippen LogP contribution in [0.5, 0.6) is 0 Å². The highest BCUT2D eigenvalue weighted by Crippen LogP contribution is 2.25. The molecule has 0 aliphatic carbocycles. The molecule has 0 spiro atoms. The van der Waals surface area contributed by atoms with Crippen LogP contribution in [-0.4, -0.2) is 14.5 Å². The predicted molar refractivity (Wildman–Crippen MR) is 99.3 cm³/mol. The quantitative estimate of drug-likeness (QED) is 0.560. The van der Waals surface area contributed by atoms with Crippen LogP contribution < -0.4 is 5.32 Å². The van der Waals surface area contributed by atoms with Crippen molar-refractivity contribution in [3.63, 3.8) is 0 Å². The fourth-order valence-corrected chi connectivity index (χ4v) is 3.13. The van der Waals surface area contributed by atoms with Crippen LogP contribution in [0.4, 0.5) is 5.95 Å². The monoisotopic (exact) mass is 336 g/mol. The molecule has 2 aromatic heterocycles. The Balaban J connectivity index is 1.58. The molecule has 2 aromatic carbocycles. The number of nitrogens with zero attached hydrogens (tertiary/aromatic N) is 2. The normalized spacial score (nSPS) is 11.1. The van der Waals surface area contributed by atoms with E-state index in [2.05, 4.69) is 33.5 Å². The van der Waals surface area contributed by atoms with E-state index in [9.17, 15) is 0 Å². The number of nitrogens with one attached hydrogen (secondary N) is 2.